The molecule has 116 valence electrons. The summed E-state index contributed by atoms with van der Waals surface area (Å²) in [5.41, 5.74) is 1.73. The second-order valence-electron chi connectivity index (χ2n) is 5.69. The number of aromatic nitrogens is 2. The van der Waals surface area contributed by atoms with Gasteiger partial charge in [0.05, 0.1) is 43.4 Å². The van der Waals surface area contributed by atoms with Gasteiger partial charge in [-0.25, -0.2) is 15.0 Å². The number of hydrogen-bond acceptors (Lipinski definition) is 7. The highest BCUT2D eigenvalue weighted by Crippen LogP contribution is 2.25. The zero-order valence-corrected chi connectivity index (χ0v) is 12.5. The van der Waals surface area contributed by atoms with Gasteiger partial charge in [0.25, 0.3) is 0 Å². The first-order chi connectivity index (χ1) is 10.8. The van der Waals surface area contributed by atoms with Crippen LogP contribution in [-0.4, -0.2) is 77.3 Å². The Labute approximate surface area is 129 Å². The Morgan fingerprint density at radius 3 is 3.14 bits per heavy atom. The lowest BCUT2D eigenvalue weighted by Gasteiger charge is -2.43. The summed E-state index contributed by atoms with van der Waals surface area (Å²) in [7, 11) is 2.04. The number of allylic oxidation sites excluding steroid dienone is 1. The van der Waals surface area contributed by atoms with E-state index in [-0.39, 0.29) is 18.4 Å². The minimum atomic E-state index is -0.0481. The van der Waals surface area contributed by atoms with Crippen molar-refractivity contribution in [3.63, 3.8) is 0 Å². The number of rotatable bonds is 2. The molecule has 4 heterocycles. The van der Waals surface area contributed by atoms with Gasteiger partial charge in [-0.2, -0.15) is 0 Å². The first kappa shape index (κ1) is 13.8. The van der Waals surface area contributed by atoms with Crippen molar-refractivity contribution in [2.24, 2.45) is 4.99 Å². The Hall–Kier alpha value is -1.83. The molecular formula is C15H19N5O2. The minimum Gasteiger partial charge on any atom is -0.377 e. The van der Waals surface area contributed by atoms with Crippen LogP contribution in [0.15, 0.2) is 35.9 Å². The average Bonchev–Trinajstić information content (AvgIpc) is 3.05. The van der Waals surface area contributed by atoms with Crippen LogP contribution in [0.2, 0.25) is 0 Å². The van der Waals surface area contributed by atoms with Gasteiger partial charge in [0, 0.05) is 26.0 Å². The Morgan fingerprint density at radius 2 is 2.27 bits per heavy atom. The number of hydrogen-bond donors (Lipinski definition) is 0. The van der Waals surface area contributed by atoms with Crippen LogP contribution in [0.25, 0.3) is 0 Å². The van der Waals surface area contributed by atoms with Crippen molar-refractivity contribution in [1.29, 1.82) is 0 Å². The van der Waals surface area contributed by atoms with Crippen molar-refractivity contribution in [3.8, 4) is 0 Å². The maximum absolute atomic E-state index is 5.80. The van der Waals surface area contributed by atoms with Gasteiger partial charge in [0.2, 0.25) is 0 Å². The van der Waals surface area contributed by atoms with Crippen molar-refractivity contribution >= 4 is 5.71 Å². The van der Waals surface area contributed by atoms with Gasteiger partial charge >= 0.3 is 0 Å². The molecule has 1 aromatic rings. The van der Waals surface area contributed by atoms with Crippen LogP contribution < -0.4 is 0 Å². The normalized spacial score (nSPS) is 32.0. The van der Waals surface area contributed by atoms with Gasteiger partial charge in [-0.15, -0.1) is 0 Å². The topological polar surface area (TPSA) is 63.1 Å². The Bertz CT molecular complexity index is 591. The van der Waals surface area contributed by atoms with E-state index in [1.807, 2.05) is 19.2 Å². The quantitative estimate of drug-likeness (QED) is 0.772. The summed E-state index contributed by atoms with van der Waals surface area (Å²) in [4.78, 5) is 17.6. The lowest BCUT2D eigenvalue weighted by Crippen LogP contribution is -2.58. The van der Waals surface area contributed by atoms with Gasteiger partial charge < -0.3 is 14.4 Å². The largest absolute Gasteiger partial charge is 0.377 e. The zero-order valence-electron chi connectivity index (χ0n) is 12.5. The SMILES string of the molecule is CN1C=CC(c2ccncn2)=NC1N1CCO[C@@H]2COC[C@H]21. The molecule has 3 aliphatic rings. The number of aliphatic imine (C=N–C) groups is 1. The van der Waals surface area contributed by atoms with Crippen LogP contribution in [-0.2, 0) is 9.47 Å². The summed E-state index contributed by atoms with van der Waals surface area (Å²) in [6, 6.07) is 2.15. The molecule has 22 heavy (non-hydrogen) atoms. The molecule has 7 heteroatoms. The van der Waals surface area contributed by atoms with Crippen molar-refractivity contribution in [2.45, 2.75) is 18.4 Å². The highest BCUT2D eigenvalue weighted by molar-refractivity contribution is 6.07. The van der Waals surface area contributed by atoms with Crippen molar-refractivity contribution in [3.05, 3.63) is 36.6 Å². The fourth-order valence-electron chi connectivity index (χ4n) is 3.18. The zero-order chi connectivity index (χ0) is 14.9. The third-order valence-electron chi connectivity index (χ3n) is 4.33. The molecule has 0 aliphatic carbocycles. The van der Waals surface area contributed by atoms with Gasteiger partial charge in [-0.3, -0.25) is 4.90 Å². The fraction of sp³-hybridized carbons (Fsp3) is 0.533. The molecule has 2 fully saturated rings. The second-order valence-corrected chi connectivity index (χ2v) is 5.69. The monoisotopic (exact) mass is 301 g/mol. The van der Waals surface area contributed by atoms with E-state index in [0.29, 0.717) is 13.2 Å². The first-order valence-electron chi connectivity index (χ1n) is 7.52. The molecule has 0 bridgehead atoms. The molecule has 0 amide bonds. The predicted molar refractivity (Wildman–Crippen MR) is 80.3 cm³/mol. The van der Waals surface area contributed by atoms with Gasteiger partial charge in [0.1, 0.15) is 6.33 Å². The Morgan fingerprint density at radius 1 is 1.32 bits per heavy atom. The predicted octanol–water partition coefficient (Wildman–Crippen LogP) is 0.108. The van der Waals surface area contributed by atoms with E-state index in [1.54, 1.807) is 12.5 Å². The van der Waals surface area contributed by atoms with E-state index in [9.17, 15) is 0 Å². The summed E-state index contributed by atoms with van der Waals surface area (Å²) in [5.74, 6) is 0. The van der Waals surface area contributed by atoms with E-state index in [4.69, 9.17) is 14.5 Å². The molecule has 0 saturated carbocycles. The average molecular weight is 301 g/mol. The van der Waals surface area contributed by atoms with Crippen LogP contribution in [0.3, 0.4) is 0 Å². The van der Waals surface area contributed by atoms with Crippen molar-refractivity contribution in [1.82, 2.24) is 19.8 Å². The summed E-state index contributed by atoms with van der Waals surface area (Å²) >= 11 is 0. The molecule has 0 N–H and O–H groups in total. The van der Waals surface area contributed by atoms with Crippen LogP contribution in [0.1, 0.15) is 5.69 Å². The summed E-state index contributed by atoms with van der Waals surface area (Å²) in [6.07, 6.45) is 7.44. The third kappa shape index (κ3) is 2.41. The van der Waals surface area contributed by atoms with E-state index >= 15 is 0 Å². The second kappa shape index (κ2) is 5.75. The maximum Gasteiger partial charge on any atom is 0.179 e. The standard InChI is InChI=1S/C15H19N5O2/c1-19-5-3-12(11-2-4-16-10-17-11)18-15(19)20-6-7-22-14-9-21-8-13(14)20/h2-5,10,13-15H,6-9H2,1H3/t13-,14-,15?/m1/s1. The van der Waals surface area contributed by atoms with Gasteiger partial charge in [-0.05, 0) is 12.1 Å². The number of fused-ring (bicyclic) bond motifs is 1. The van der Waals surface area contributed by atoms with E-state index in [1.165, 1.54) is 0 Å². The fourth-order valence-corrected chi connectivity index (χ4v) is 3.18. The van der Waals surface area contributed by atoms with Crippen molar-refractivity contribution < 1.29 is 9.47 Å². The molecule has 7 nitrogen and oxygen atoms in total. The number of nitrogens with zero attached hydrogens (tertiary/aromatic N) is 5. The summed E-state index contributed by atoms with van der Waals surface area (Å²) in [6.45, 7) is 2.96. The molecule has 3 aliphatic heterocycles. The van der Waals surface area contributed by atoms with E-state index in [2.05, 4.69) is 26.0 Å². The first-order valence-corrected chi connectivity index (χ1v) is 7.52. The number of morpholine rings is 1. The Balaban J connectivity index is 1.62. The highest BCUT2D eigenvalue weighted by Gasteiger charge is 2.41. The maximum atomic E-state index is 5.80. The molecule has 1 aromatic heterocycles. The lowest BCUT2D eigenvalue weighted by atomic mass is 10.1. The number of ether oxygens (including phenoxy) is 2. The molecule has 0 spiro atoms. The van der Waals surface area contributed by atoms with Gasteiger partial charge in [0.15, 0.2) is 6.29 Å². The molecule has 1 unspecified atom stereocenters. The van der Waals surface area contributed by atoms with Crippen LogP contribution in [0.4, 0.5) is 0 Å². The van der Waals surface area contributed by atoms with Crippen LogP contribution in [0.5, 0.6) is 0 Å². The van der Waals surface area contributed by atoms with Crippen LogP contribution in [0, 0.1) is 0 Å². The van der Waals surface area contributed by atoms with Gasteiger partial charge in [-0.1, -0.05) is 0 Å². The molecule has 3 atom stereocenters. The Kier molecular flexibility index (Phi) is 3.61. The van der Waals surface area contributed by atoms with E-state index in [0.717, 1.165) is 24.6 Å². The molecular weight excluding hydrogens is 282 g/mol. The smallest absolute Gasteiger partial charge is 0.179 e. The third-order valence-corrected chi connectivity index (χ3v) is 4.33. The molecule has 0 aromatic carbocycles. The van der Waals surface area contributed by atoms with E-state index < -0.39 is 0 Å². The minimum absolute atomic E-state index is 0.0481. The highest BCUT2D eigenvalue weighted by atomic mass is 16.6. The lowest BCUT2D eigenvalue weighted by molar-refractivity contribution is -0.0826. The molecule has 4 rings (SSSR count). The van der Waals surface area contributed by atoms with Crippen LogP contribution >= 0.6 is 0 Å². The summed E-state index contributed by atoms with van der Waals surface area (Å²) in [5, 5.41) is 0. The molecule has 0 radical (unpaired) electrons. The molecule has 2 saturated heterocycles. The van der Waals surface area contributed by atoms with Crippen molar-refractivity contribution in [2.75, 3.05) is 33.4 Å². The summed E-state index contributed by atoms with van der Waals surface area (Å²) < 4.78 is 11.4.